The SMILES string of the molecule is N#C/C(C(N)=O)=C(\N)C1C2CC3CC(C2)CC1C3. The van der Waals surface area contributed by atoms with E-state index in [1.54, 1.807) is 0 Å². The van der Waals surface area contributed by atoms with Crippen LogP contribution >= 0.6 is 0 Å². The van der Waals surface area contributed by atoms with Gasteiger partial charge in [0.15, 0.2) is 0 Å². The van der Waals surface area contributed by atoms with Crippen LogP contribution in [-0.2, 0) is 4.79 Å². The second-order valence-corrected chi connectivity index (χ2v) is 6.26. The normalized spacial score (nSPS) is 42.3. The highest BCUT2D eigenvalue weighted by molar-refractivity contribution is 5.96. The molecule has 0 spiro atoms. The molecule has 4 N–H and O–H groups in total. The number of nitriles is 1. The number of carbonyl (C=O) groups excluding carboxylic acids is 1. The van der Waals surface area contributed by atoms with Gasteiger partial charge in [0.1, 0.15) is 11.6 Å². The van der Waals surface area contributed by atoms with Crippen LogP contribution in [0.5, 0.6) is 0 Å². The summed E-state index contributed by atoms with van der Waals surface area (Å²) in [6, 6.07) is 1.89. The number of carbonyl (C=O) groups is 1. The number of primary amides is 1. The second kappa shape index (κ2) is 4.01. The van der Waals surface area contributed by atoms with Crippen LogP contribution in [0.2, 0.25) is 0 Å². The molecule has 4 heteroatoms. The Kier molecular flexibility index (Phi) is 2.58. The maximum absolute atomic E-state index is 11.3. The molecule has 4 rings (SSSR count). The number of amides is 1. The van der Waals surface area contributed by atoms with Crippen molar-refractivity contribution < 1.29 is 4.79 Å². The largest absolute Gasteiger partial charge is 0.401 e. The fourth-order valence-corrected chi connectivity index (χ4v) is 4.86. The van der Waals surface area contributed by atoms with Gasteiger partial charge in [-0.1, -0.05) is 0 Å². The quantitative estimate of drug-likeness (QED) is 0.567. The highest BCUT2D eigenvalue weighted by Gasteiger charge is 2.49. The van der Waals surface area contributed by atoms with Crippen molar-refractivity contribution in [1.29, 1.82) is 5.26 Å². The van der Waals surface area contributed by atoms with Crippen LogP contribution in [0.15, 0.2) is 11.3 Å². The van der Waals surface area contributed by atoms with Crippen LogP contribution in [0.3, 0.4) is 0 Å². The lowest BCUT2D eigenvalue weighted by Gasteiger charge is -2.54. The Morgan fingerprint density at radius 3 is 1.89 bits per heavy atom. The molecule has 0 aromatic carbocycles. The Morgan fingerprint density at radius 2 is 1.50 bits per heavy atom. The summed E-state index contributed by atoms with van der Waals surface area (Å²) in [5, 5.41) is 9.03. The predicted molar refractivity (Wildman–Crippen MR) is 66.6 cm³/mol. The molecular weight excluding hydrogens is 226 g/mol. The van der Waals surface area contributed by atoms with Gasteiger partial charge in [0.05, 0.1) is 0 Å². The lowest BCUT2D eigenvalue weighted by atomic mass is 9.51. The number of nitrogens with two attached hydrogens (primary N) is 2. The molecule has 1 amide bonds. The second-order valence-electron chi connectivity index (χ2n) is 6.26. The van der Waals surface area contributed by atoms with E-state index < -0.39 is 5.91 Å². The van der Waals surface area contributed by atoms with Gasteiger partial charge < -0.3 is 11.5 Å². The molecule has 4 nitrogen and oxygen atoms in total. The van der Waals surface area contributed by atoms with Gasteiger partial charge in [-0.05, 0) is 55.8 Å². The molecular formula is C14H19N3O. The average molecular weight is 245 g/mol. The van der Waals surface area contributed by atoms with Gasteiger partial charge >= 0.3 is 0 Å². The molecule has 4 fully saturated rings. The molecule has 0 atom stereocenters. The molecule has 0 unspecified atom stereocenters. The van der Waals surface area contributed by atoms with Crippen molar-refractivity contribution in [3.05, 3.63) is 11.3 Å². The minimum Gasteiger partial charge on any atom is -0.401 e. The van der Waals surface area contributed by atoms with Gasteiger partial charge in [-0.15, -0.1) is 0 Å². The molecule has 0 aromatic rings. The van der Waals surface area contributed by atoms with E-state index in [2.05, 4.69) is 0 Å². The van der Waals surface area contributed by atoms with Crippen LogP contribution in [0, 0.1) is 40.9 Å². The van der Waals surface area contributed by atoms with Crippen molar-refractivity contribution in [2.45, 2.75) is 32.1 Å². The summed E-state index contributed by atoms with van der Waals surface area (Å²) in [4.78, 5) is 11.3. The van der Waals surface area contributed by atoms with Crippen molar-refractivity contribution in [2.75, 3.05) is 0 Å². The van der Waals surface area contributed by atoms with E-state index in [0.717, 1.165) is 11.8 Å². The summed E-state index contributed by atoms with van der Waals surface area (Å²) in [5.41, 5.74) is 11.8. The summed E-state index contributed by atoms with van der Waals surface area (Å²) < 4.78 is 0. The maximum Gasteiger partial charge on any atom is 0.261 e. The van der Waals surface area contributed by atoms with Gasteiger partial charge in [-0.2, -0.15) is 5.26 Å². The molecule has 0 aliphatic heterocycles. The average Bonchev–Trinajstić information content (AvgIpc) is 2.27. The van der Waals surface area contributed by atoms with E-state index in [1.807, 2.05) is 6.07 Å². The van der Waals surface area contributed by atoms with Gasteiger partial charge in [0.2, 0.25) is 0 Å². The fraction of sp³-hybridized carbons (Fsp3) is 0.714. The monoisotopic (exact) mass is 245 g/mol. The third-order valence-electron chi connectivity index (χ3n) is 5.23. The van der Waals surface area contributed by atoms with Gasteiger partial charge in [-0.25, -0.2) is 0 Å². The third kappa shape index (κ3) is 1.61. The van der Waals surface area contributed by atoms with E-state index in [4.69, 9.17) is 16.7 Å². The van der Waals surface area contributed by atoms with Crippen molar-refractivity contribution in [2.24, 2.45) is 41.1 Å². The zero-order valence-corrected chi connectivity index (χ0v) is 10.4. The Bertz CT molecular complexity index is 432. The van der Waals surface area contributed by atoms with Crippen LogP contribution in [0.4, 0.5) is 0 Å². The Hall–Kier alpha value is -1.50. The minimum absolute atomic E-state index is 0.00697. The van der Waals surface area contributed by atoms with Crippen LogP contribution in [-0.4, -0.2) is 5.91 Å². The summed E-state index contributed by atoms with van der Waals surface area (Å²) in [7, 11) is 0. The highest BCUT2D eigenvalue weighted by Crippen LogP contribution is 2.57. The molecule has 0 aromatic heterocycles. The molecule has 4 aliphatic carbocycles. The maximum atomic E-state index is 11.3. The van der Waals surface area contributed by atoms with E-state index in [9.17, 15) is 4.79 Å². The highest BCUT2D eigenvalue weighted by atomic mass is 16.1. The van der Waals surface area contributed by atoms with Crippen LogP contribution < -0.4 is 11.5 Å². The van der Waals surface area contributed by atoms with E-state index in [1.165, 1.54) is 32.1 Å². The molecule has 0 saturated heterocycles. The van der Waals surface area contributed by atoms with Crippen molar-refractivity contribution in [1.82, 2.24) is 0 Å². The number of nitrogens with zero attached hydrogens (tertiary/aromatic N) is 1. The Balaban J connectivity index is 1.94. The minimum atomic E-state index is -0.677. The molecule has 18 heavy (non-hydrogen) atoms. The summed E-state index contributed by atoms with van der Waals surface area (Å²) >= 11 is 0. The smallest absolute Gasteiger partial charge is 0.261 e. The zero-order chi connectivity index (χ0) is 12.9. The van der Waals surface area contributed by atoms with E-state index in [0.29, 0.717) is 17.5 Å². The van der Waals surface area contributed by atoms with Crippen molar-refractivity contribution in [3.63, 3.8) is 0 Å². The van der Waals surface area contributed by atoms with Crippen molar-refractivity contribution in [3.8, 4) is 6.07 Å². The number of allylic oxidation sites excluding steroid dienone is 1. The molecule has 4 bridgehead atoms. The lowest BCUT2D eigenvalue weighted by Crippen LogP contribution is -2.47. The van der Waals surface area contributed by atoms with Gasteiger partial charge in [0.25, 0.3) is 5.91 Å². The molecule has 4 saturated carbocycles. The van der Waals surface area contributed by atoms with Crippen LogP contribution in [0.25, 0.3) is 0 Å². The first-order valence-electron chi connectivity index (χ1n) is 6.79. The van der Waals surface area contributed by atoms with E-state index >= 15 is 0 Å². The van der Waals surface area contributed by atoms with E-state index in [-0.39, 0.29) is 11.5 Å². The lowest BCUT2D eigenvalue weighted by molar-refractivity contribution is -0.114. The summed E-state index contributed by atoms with van der Waals surface area (Å²) in [5.74, 6) is 2.41. The number of hydrogen-bond acceptors (Lipinski definition) is 3. The number of hydrogen-bond donors (Lipinski definition) is 2. The number of rotatable bonds is 2. The summed E-state index contributed by atoms with van der Waals surface area (Å²) in [6.07, 6.45) is 6.25. The third-order valence-corrected chi connectivity index (χ3v) is 5.23. The Morgan fingerprint density at radius 1 is 1.00 bits per heavy atom. The Labute approximate surface area is 107 Å². The zero-order valence-electron chi connectivity index (χ0n) is 10.4. The predicted octanol–water partition coefficient (Wildman–Crippen LogP) is 1.28. The van der Waals surface area contributed by atoms with Crippen LogP contribution in [0.1, 0.15) is 32.1 Å². The molecule has 0 heterocycles. The first kappa shape index (κ1) is 11.6. The first-order chi connectivity index (χ1) is 8.60. The molecule has 0 radical (unpaired) electrons. The van der Waals surface area contributed by atoms with Crippen molar-refractivity contribution >= 4 is 5.91 Å². The van der Waals surface area contributed by atoms with Gasteiger partial charge in [-0.3, -0.25) is 4.79 Å². The first-order valence-corrected chi connectivity index (χ1v) is 6.79. The standard InChI is InChI=1S/C14H19N3O/c15-6-11(14(17)18)13(16)12-9-2-7-1-8(4-9)5-10(12)3-7/h7-10,12H,1-5,16H2,(H2,17,18)/b13-11+. The molecule has 4 aliphatic rings. The topological polar surface area (TPSA) is 92.9 Å². The summed E-state index contributed by atoms with van der Waals surface area (Å²) in [6.45, 7) is 0. The van der Waals surface area contributed by atoms with Gasteiger partial charge in [0, 0.05) is 11.6 Å². The fourth-order valence-electron chi connectivity index (χ4n) is 4.86. The molecule has 96 valence electrons.